The first kappa shape index (κ1) is 15.4. The van der Waals surface area contributed by atoms with Gasteiger partial charge in [0.25, 0.3) is 10.1 Å². The molecule has 20 heavy (non-hydrogen) atoms. The van der Waals surface area contributed by atoms with Crippen LogP contribution in [0.3, 0.4) is 0 Å². The lowest BCUT2D eigenvalue weighted by molar-refractivity contribution is 0.307. The van der Waals surface area contributed by atoms with Crippen LogP contribution in [0.25, 0.3) is 0 Å². The fourth-order valence-electron chi connectivity index (χ4n) is 1.60. The second kappa shape index (κ2) is 6.64. The summed E-state index contributed by atoms with van der Waals surface area (Å²) in [6.45, 7) is 2.01. The molecule has 2 rings (SSSR count). The van der Waals surface area contributed by atoms with Crippen LogP contribution in [0.5, 0.6) is 0 Å². The number of hydrogen-bond acceptors (Lipinski definition) is 4. The third-order valence-electron chi connectivity index (χ3n) is 2.79. The zero-order chi connectivity index (χ0) is 14.6. The molecule has 0 atom stereocenters. The molecule has 0 saturated carbocycles. The van der Waals surface area contributed by atoms with Crippen LogP contribution in [0.4, 0.5) is 0 Å². The maximum absolute atomic E-state index is 12.0. The van der Waals surface area contributed by atoms with Crippen LogP contribution >= 0.6 is 22.6 Å². The Morgan fingerprint density at radius 3 is 2.30 bits per heavy atom. The van der Waals surface area contributed by atoms with Crippen molar-refractivity contribution in [1.29, 1.82) is 0 Å². The molecule has 1 heterocycles. The maximum Gasteiger partial charge on any atom is 0.297 e. The first-order valence-corrected chi connectivity index (χ1v) is 8.59. The smallest absolute Gasteiger partial charge is 0.261 e. The number of aryl methyl sites for hydroxylation is 1. The molecule has 0 amide bonds. The molecule has 0 spiro atoms. The minimum Gasteiger partial charge on any atom is -0.261 e. The van der Waals surface area contributed by atoms with E-state index < -0.39 is 10.1 Å². The lowest BCUT2D eigenvalue weighted by Gasteiger charge is -2.06. The molecule has 0 unspecified atom stereocenters. The van der Waals surface area contributed by atoms with E-state index in [-0.39, 0.29) is 11.5 Å². The van der Waals surface area contributed by atoms with Crippen molar-refractivity contribution in [1.82, 2.24) is 4.98 Å². The Labute approximate surface area is 132 Å². The van der Waals surface area contributed by atoms with E-state index in [1.54, 1.807) is 36.5 Å². The van der Waals surface area contributed by atoms with E-state index >= 15 is 0 Å². The van der Waals surface area contributed by atoms with Crippen LogP contribution in [0.1, 0.15) is 18.1 Å². The fraction of sp³-hybridized carbons (Fsp3) is 0.214. The van der Waals surface area contributed by atoms with Crippen molar-refractivity contribution in [3.8, 4) is 0 Å². The third-order valence-corrected chi connectivity index (χ3v) is 4.71. The number of hydrogen-bond donors (Lipinski definition) is 0. The summed E-state index contributed by atoms with van der Waals surface area (Å²) in [5, 5.41) is 0. The van der Waals surface area contributed by atoms with Gasteiger partial charge in [0, 0.05) is 6.20 Å². The van der Waals surface area contributed by atoms with E-state index in [4.69, 9.17) is 4.18 Å². The number of aromatic nitrogens is 1. The van der Waals surface area contributed by atoms with Crippen molar-refractivity contribution in [3.63, 3.8) is 0 Å². The first-order chi connectivity index (χ1) is 9.51. The Bertz CT molecular complexity index is 667. The molecular formula is C14H14INO3S. The Balaban J connectivity index is 2.08. The normalized spacial score (nSPS) is 11.5. The average molecular weight is 403 g/mol. The topological polar surface area (TPSA) is 56.3 Å². The van der Waals surface area contributed by atoms with Crippen LogP contribution in [-0.4, -0.2) is 13.4 Å². The summed E-state index contributed by atoms with van der Waals surface area (Å²) in [5.41, 5.74) is 1.81. The predicted molar refractivity (Wildman–Crippen MR) is 84.7 cm³/mol. The summed E-state index contributed by atoms with van der Waals surface area (Å²) in [5.74, 6) is 0. The van der Waals surface area contributed by atoms with Crippen LogP contribution in [-0.2, 0) is 27.3 Å². The Morgan fingerprint density at radius 2 is 1.75 bits per heavy atom. The van der Waals surface area contributed by atoms with Gasteiger partial charge in [-0.05, 0) is 58.3 Å². The number of rotatable bonds is 5. The highest BCUT2D eigenvalue weighted by molar-refractivity contribution is 14.1. The molecule has 0 aliphatic carbocycles. The van der Waals surface area contributed by atoms with Gasteiger partial charge in [-0.25, -0.2) is 4.98 Å². The van der Waals surface area contributed by atoms with Crippen LogP contribution in [0.15, 0.2) is 47.5 Å². The van der Waals surface area contributed by atoms with Crippen LogP contribution in [0, 0.1) is 3.70 Å². The van der Waals surface area contributed by atoms with Gasteiger partial charge in [-0.2, -0.15) is 8.42 Å². The minimum absolute atomic E-state index is 0.0121. The van der Waals surface area contributed by atoms with Gasteiger partial charge in [0.1, 0.15) is 3.70 Å². The van der Waals surface area contributed by atoms with Gasteiger partial charge in [0.15, 0.2) is 0 Å². The summed E-state index contributed by atoms with van der Waals surface area (Å²) >= 11 is 2.09. The predicted octanol–water partition coefficient (Wildman–Crippen LogP) is 3.15. The van der Waals surface area contributed by atoms with E-state index in [9.17, 15) is 8.42 Å². The van der Waals surface area contributed by atoms with Crippen LogP contribution in [0.2, 0.25) is 0 Å². The van der Waals surface area contributed by atoms with E-state index in [0.717, 1.165) is 21.2 Å². The molecule has 106 valence electrons. The zero-order valence-electron chi connectivity index (χ0n) is 10.9. The van der Waals surface area contributed by atoms with Crippen molar-refractivity contribution in [2.24, 2.45) is 0 Å². The second-order valence-corrected chi connectivity index (χ2v) is 6.92. The van der Waals surface area contributed by atoms with E-state index in [2.05, 4.69) is 27.6 Å². The summed E-state index contributed by atoms with van der Waals surface area (Å²) < 4.78 is 30.0. The number of benzene rings is 1. The molecule has 1 aromatic carbocycles. The third kappa shape index (κ3) is 4.00. The lowest BCUT2D eigenvalue weighted by atomic mass is 10.2. The summed E-state index contributed by atoms with van der Waals surface area (Å²) in [7, 11) is -3.72. The molecule has 4 nitrogen and oxygen atoms in total. The van der Waals surface area contributed by atoms with Crippen molar-refractivity contribution in [3.05, 3.63) is 57.4 Å². The SMILES string of the molecule is CCc1ccc(S(=O)(=O)OCc2ccc(I)nc2)cc1. The monoisotopic (exact) mass is 403 g/mol. The Kier molecular flexibility index (Phi) is 5.11. The second-order valence-electron chi connectivity index (χ2n) is 4.20. The number of nitrogens with zero attached hydrogens (tertiary/aromatic N) is 1. The fourth-order valence-corrected chi connectivity index (χ4v) is 2.81. The molecule has 0 N–H and O–H groups in total. The molecule has 0 radical (unpaired) electrons. The maximum atomic E-state index is 12.0. The molecule has 0 bridgehead atoms. The quantitative estimate of drug-likeness (QED) is 0.437. The Morgan fingerprint density at radius 1 is 1.10 bits per heavy atom. The van der Waals surface area contributed by atoms with Gasteiger partial charge in [-0.15, -0.1) is 0 Å². The minimum atomic E-state index is -3.72. The summed E-state index contributed by atoms with van der Waals surface area (Å²) in [6, 6.07) is 10.3. The van der Waals surface area contributed by atoms with E-state index in [1.807, 2.05) is 13.0 Å². The molecule has 6 heteroatoms. The van der Waals surface area contributed by atoms with Crippen molar-refractivity contribution >= 4 is 32.7 Å². The molecule has 0 fully saturated rings. The van der Waals surface area contributed by atoms with Gasteiger partial charge in [0.05, 0.1) is 11.5 Å². The average Bonchev–Trinajstić information content (AvgIpc) is 2.47. The molecule has 1 aromatic heterocycles. The highest BCUT2D eigenvalue weighted by atomic mass is 127. The molecule has 0 aliphatic heterocycles. The number of halogens is 1. The van der Waals surface area contributed by atoms with Gasteiger partial charge in [-0.1, -0.05) is 25.1 Å². The van der Waals surface area contributed by atoms with Crippen molar-refractivity contribution in [2.45, 2.75) is 24.8 Å². The van der Waals surface area contributed by atoms with E-state index in [0.29, 0.717) is 0 Å². The lowest BCUT2D eigenvalue weighted by Crippen LogP contribution is -2.06. The van der Waals surface area contributed by atoms with Gasteiger partial charge < -0.3 is 0 Å². The zero-order valence-corrected chi connectivity index (χ0v) is 13.9. The highest BCUT2D eigenvalue weighted by Gasteiger charge is 2.15. The van der Waals surface area contributed by atoms with E-state index in [1.165, 1.54) is 0 Å². The molecule has 0 saturated heterocycles. The first-order valence-electron chi connectivity index (χ1n) is 6.10. The molecule has 0 aliphatic rings. The molecule has 2 aromatic rings. The summed E-state index contributed by atoms with van der Waals surface area (Å²) in [6.07, 6.45) is 2.48. The van der Waals surface area contributed by atoms with Crippen molar-refractivity contribution in [2.75, 3.05) is 0 Å². The highest BCUT2D eigenvalue weighted by Crippen LogP contribution is 2.16. The summed E-state index contributed by atoms with van der Waals surface area (Å²) in [4.78, 5) is 4.26. The van der Waals surface area contributed by atoms with Gasteiger partial charge in [-0.3, -0.25) is 4.18 Å². The molecular weight excluding hydrogens is 389 g/mol. The van der Waals surface area contributed by atoms with Gasteiger partial charge in [0.2, 0.25) is 0 Å². The standard InChI is InChI=1S/C14H14INO3S/c1-2-11-3-6-13(7-4-11)20(17,18)19-10-12-5-8-14(15)16-9-12/h3-9H,2,10H2,1H3. The Hall–Kier alpha value is -0.990. The van der Waals surface area contributed by atoms with Gasteiger partial charge >= 0.3 is 0 Å². The largest absolute Gasteiger partial charge is 0.297 e. The van der Waals surface area contributed by atoms with Crippen molar-refractivity contribution < 1.29 is 12.6 Å². The number of pyridine rings is 1. The van der Waals surface area contributed by atoms with Crippen LogP contribution < -0.4 is 0 Å².